The van der Waals surface area contributed by atoms with Crippen LogP contribution in [0.15, 0.2) is 79.4 Å². The Labute approximate surface area is 250 Å². The average Bonchev–Trinajstić information content (AvgIpc) is 3.52. The summed E-state index contributed by atoms with van der Waals surface area (Å²) in [6.07, 6.45) is 11.0. The van der Waals surface area contributed by atoms with Crippen molar-refractivity contribution in [1.82, 2.24) is 4.90 Å². The number of morpholine rings is 1. The fourth-order valence-corrected chi connectivity index (χ4v) is 5.89. The molecule has 1 saturated heterocycles. The van der Waals surface area contributed by atoms with Crippen LogP contribution in [-0.2, 0) is 37.3 Å². The van der Waals surface area contributed by atoms with Crippen molar-refractivity contribution >= 4 is 5.57 Å². The van der Waals surface area contributed by atoms with Crippen LogP contribution in [0, 0.1) is 18.3 Å². The summed E-state index contributed by atoms with van der Waals surface area (Å²) in [5.41, 5.74) is 10.4. The molecule has 42 heavy (non-hydrogen) atoms. The van der Waals surface area contributed by atoms with E-state index in [1.165, 1.54) is 39.0 Å². The lowest BCUT2D eigenvalue weighted by atomic mass is 9.97. The first-order valence-electron chi connectivity index (χ1n) is 14.8. The Bertz CT molecular complexity index is 1520. The highest BCUT2D eigenvalue weighted by Gasteiger charge is 2.26. The lowest BCUT2D eigenvalue weighted by molar-refractivity contribution is 0.0336. The highest BCUT2D eigenvalue weighted by Crippen LogP contribution is 2.41. The van der Waals surface area contributed by atoms with Crippen LogP contribution in [0.25, 0.3) is 5.57 Å². The first-order valence-corrected chi connectivity index (χ1v) is 14.8. The van der Waals surface area contributed by atoms with Crippen LogP contribution in [-0.4, -0.2) is 31.2 Å². The Morgan fingerprint density at radius 2 is 1.79 bits per heavy atom. The van der Waals surface area contributed by atoms with Gasteiger partial charge in [0.15, 0.2) is 0 Å². The molecule has 0 aromatic heterocycles. The third-order valence-electron chi connectivity index (χ3n) is 8.22. The topological polar surface area (TPSA) is 54.7 Å². The molecule has 0 N–H and O–H groups in total. The van der Waals surface area contributed by atoms with E-state index in [4.69, 9.17) is 14.2 Å². The fraction of sp³-hybridized carbons (Fsp3) is 0.324. The molecule has 1 aliphatic carbocycles. The van der Waals surface area contributed by atoms with Crippen molar-refractivity contribution in [2.24, 2.45) is 0 Å². The van der Waals surface area contributed by atoms with Crippen molar-refractivity contribution in [3.8, 4) is 17.6 Å². The van der Waals surface area contributed by atoms with Gasteiger partial charge in [-0.05, 0) is 84.2 Å². The van der Waals surface area contributed by atoms with Crippen molar-refractivity contribution in [2.45, 2.75) is 52.9 Å². The Kier molecular flexibility index (Phi) is 9.92. The van der Waals surface area contributed by atoms with Gasteiger partial charge < -0.3 is 14.2 Å². The minimum Gasteiger partial charge on any atom is -0.488 e. The molecule has 3 aromatic rings. The SMILES string of the molecule is C=C/C=C\C=C(/C)c1cccc(COc2cc(OCc3cccc(C#N)c3)c(CN3CCOCC3)c3c2CCC3)c1C. The van der Waals surface area contributed by atoms with Gasteiger partial charge in [-0.2, -0.15) is 5.26 Å². The quantitative estimate of drug-likeness (QED) is 0.228. The maximum Gasteiger partial charge on any atom is 0.128 e. The smallest absolute Gasteiger partial charge is 0.128 e. The number of ether oxygens (including phenoxy) is 3. The van der Waals surface area contributed by atoms with Gasteiger partial charge in [0.25, 0.3) is 0 Å². The van der Waals surface area contributed by atoms with E-state index in [1.54, 1.807) is 6.08 Å². The molecule has 0 amide bonds. The van der Waals surface area contributed by atoms with Gasteiger partial charge in [-0.25, -0.2) is 0 Å². The highest BCUT2D eigenvalue weighted by atomic mass is 16.5. The summed E-state index contributed by atoms with van der Waals surface area (Å²) in [5.74, 6) is 1.79. The molecule has 0 spiro atoms. The highest BCUT2D eigenvalue weighted by molar-refractivity contribution is 5.69. The molecule has 1 aliphatic heterocycles. The van der Waals surface area contributed by atoms with E-state index in [-0.39, 0.29) is 0 Å². The first-order chi connectivity index (χ1) is 20.6. The minimum absolute atomic E-state index is 0.400. The lowest BCUT2D eigenvalue weighted by Crippen LogP contribution is -2.36. The zero-order valence-electron chi connectivity index (χ0n) is 24.8. The van der Waals surface area contributed by atoms with E-state index >= 15 is 0 Å². The Morgan fingerprint density at radius 1 is 1.00 bits per heavy atom. The summed E-state index contributed by atoms with van der Waals surface area (Å²) in [4.78, 5) is 2.45. The van der Waals surface area contributed by atoms with E-state index in [9.17, 15) is 5.26 Å². The molecule has 1 heterocycles. The maximum absolute atomic E-state index is 9.35. The monoisotopic (exact) mass is 560 g/mol. The fourth-order valence-electron chi connectivity index (χ4n) is 5.89. The minimum atomic E-state index is 0.400. The van der Waals surface area contributed by atoms with Crippen molar-refractivity contribution in [2.75, 3.05) is 26.3 Å². The zero-order chi connectivity index (χ0) is 29.3. The van der Waals surface area contributed by atoms with Crippen molar-refractivity contribution in [3.05, 3.63) is 124 Å². The van der Waals surface area contributed by atoms with Gasteiger partial charge >= 0.3 is 0 Å². The number of rotatable bonds is 11. The van der Waals surface area contributed by atoms with E-state index < -0.39 is 0 Å². The van der Waals surface area contributed by atoms with Crippen molar-refractivity contribution < 1.29 is 14.2 Å². The Hall–Kier alpha value is -4.11. The van der Waals surface area contributed by atoms with E-state index in [0.29, 0.717) is 18.8 Å². The predicted molar refractivity (Wildman–Crippen MR) is 169 cm³/mol. The summed E-state index contributed by atoms with van der Waals surface area (Å²) >= 11 is 0. The first kappa shape index (κ1) is 29.4. The largest absolute Gasteiger partial charge is 0.488 e. The molecule has 5 heteroatoms. The van der Waals surface area contributed by atoms with Crippen LogP contribution >= 0.6 is 0 Å². The lowest BCUT2D eigenvalue weighted by Gasteiger charge is -2.29. The van der Waals surface area contributed by atoms with Crippen LogP contribution in [0.5, 0.6) is 11.5 Å². The second kappa shape index (κ2) is 14.2. The van der Waals surface area contributed by atoms with Crippen molar-refractivity contribution in [1.29, 1.82) is 5.26 Å². The molecule has 0 unspecified atom stereocenters. The third kappa shape index (κ3) is 7.02. The van der Waals surface area contributed by atoms with E-state index in [0.717, 1.165) is 69.2 Å². The van der Waals surface area contributed by atoms with E-state index in [1.807, 2.05) is 36.4 Å². The van der Waals surface area contributed by atoms with Crippen LogP contribution < -0.4 is 9.47 Å². The number of benzene rings is 3. The number of nitriles is 1. The molecule has 5 nitrogen and oxygen atoms in total. The van der Waals surface area contributed by atoms with Gasteiger partial charge in [-0.1, -0.05) is 61.2 Å². The average molecular weight is 561 g/mol. The Balaban J connectivity index is 1.43. The predicted octanol–water partition coefficient (Wildman–Crippen LogP) is 7.49. The summed E-state index contributed by atoms with van der Waals surface area (Å²) in [6, 6.07) is 18.4. The molecule has 2 aliphatic rings. The van der Waals surface area contributed by atoms with Gasteiger partial charge in [-0.3, -0.25) is 4.90 Å². The summed E-state index contributed by atoms with van der Waals surface area (Å²) in [6.45, 7) is 13.2. The zero-order valence-corrected chi connectivity index (χ0v) is 24.8. The normalized spacial score (nSPS) is 15.4. The van der Waals surface area contributed by atoms with Gasteiger partial charge in [0.05, 0.1) is 24.8 Å². The van der Waals surface area contributed by atoms with Crippen LogP contribution in [0.2, 0.25) is 0 Å². The number of hydrogen-bond donors (Lipinski definition) is 0. The number of hydrogen-bond acceptors (Lipinski definition) is 5. The number of nitrogens with zero attached hydrogens (tertiary/aromatic N) is 2. The standard InChI is InChI=1S/C37H40N2O3/c1-4-5-6-10-27(2)32-14-8-13-31(28(32)3)26-42-36-22-37(41-25-30-12-7-11-29(21-30)23-38)35(33-15-9-16-34(33)36)24-39-17-19-40-20-18-39/h4-8,10-14,21-22H,1,9,15-20,24-26H2,2-3H3/b6-5-,27-10+. The van der Waals surface area contributed by atoms with Gasteiger partial charge in [-0.15, -0.1) is 0 Å². The molecule has 5 rings (SSSR count). The molecule has 0 radical (unpaired) electrons. The molecule has 0 saturated carbocycles. The molecular formula is C37H40N2O3. The van der Waals surface area contributed by atoms with Gasteiger partial charge in [0.1, 0.15) is 24.7 Å². The molecule has 216 valence electrons. The van der Waals surface area contributed by atoms with Crippen molar-refractivity contribution in [3.63, 3.8) is 0 Å². The second-order valence-corrected chi connectivity index (χ2v) is 11.0. The van der Waals surface area contributed by atoms with Crippen LogP contribution in [0.4, 0.5) is 0 Å². The molecule has 1 fully saturated rings. The molecule has 0 bridgehead atoms. The van der Waals surface area contributed by atoms with Gasteiger partial charge in [0, 0.05) is 31.3 Å². The summed E-state index contributed by atoms with van der Waals surface area (Å²) < 4.78 is 18.8. The van der Waals surface area contributed by atoms with E-state index in [2.05, 4.69) is 61.7 Å². The summed E-state index contributed by atoms with van der Waals surface area (Å²) in [7, 11) is 0. The number of fused-ring (bicyclic) bond motifs is 1. The summed E-state index contributed by atoms with van der Waals surface area (Å²) in [5, 5.41) is 9.35. The Morgan fingerprint density at radius 3 is 2.60 bits per heavy atom. The van der Waals surface area contributed by atoms with Gasteiger partial charge in [0.2, 0.25) is 0 Å². The second-order valence-electron chi connectivity index (χ2n) is 11.0. The molecule has 3 aromatic carbocycles. The molecular weight excluding hydrogens is 520 g/mol. The number of allylic oxidation sites excluding steroid dienone is 5. The molecule has 0 atom stereocenters. The third-order valence-corrected chi connectivity index (χ3v) is 8.22. The van der Waals surface area contributed by atoms with Crippen LogP contribution in [0.1, 0.15) is 57.9 Å². The van der Waals surface area contributed by atoms with Crippen LogP contribution in [0.3, 0.4) is 0 Å². The maximum atomic E-state index is 9.35.